The Kier molecular flexibility index (Phi) is 7.63. The molecule has 2 aromatic carbocycles. The highest BCUT2D eigenvalue weighted by Crippen LogP contribution is 2.29. The largest absolute Gasteiger partial charge is 0.367 e. The first kappa shape index (κ1) is 24.3. The van der Waals surface area contributed by atoms with Crippen LogP contribution in [0.5, 0.6) is 0 Å². The van der Waals surface area contributed by atoms with Gasteiger partial charge in [0.1, 0.15) is 16.5 Å². The smallest absolute Gasteiger partial charge is 0.243 e. The molecular formula is C25H32FN5O2S. The maximum atomic E-state index is 13.9. The second kappa shape index (κ2) is 10.7. The van der Waals surface area contributed by atoms with Crippen LogP contribution < -0.4 is 15.4 Å². The number of sulfonamides is 1. The molecule has 1 aliphatic carbocycles. The van der Waals surface area contributed by atoms with Crippen LogP contribution in [0.2, 0.25) is 0 Å². The molecule has 1 aliphatic rings. The zero-order valence-corrected chi connectivity index (χ0v) is 20.4. The molecule has 1 saturated carbocycles. The van der Waals surface area contributed by atoms with E-state index >= 15 is 0 Å². The Morgan fingerprint density at radius 2 is 1.59 bits per heavy atom. The molecule has 4 rings (SSSR count). The van der Waals surface area contributed by atoms with Crippen molar-refractivity contribution >= 4 is 32.7 Å². The Balaban J connectivity index is 1.29. The normalized spacial score (nSPS) is 18.8. The summed E-state index contributed by atoms with van der Waals surface area (Å²) in [5.41, 5.74) is 0.897. The number of fused-ring (bicyclic) bond motifs is 1. The number of nitrogens with zero attached hydrogens (tertiary/aromatic N) is 2. The average molecular weight is 486 g/mol. The van der Waals surface area contributed by atoms with Crippen LogP contribution in [0.1, 0.15) is 39.5 Å². The fourth-order valence-electron chi connectivity index (χ4n) is 4.38. The van der Waals surface area contributed by atoms with Gasteiger partial charge in [0.2, 0.25) is 16.0 Å². The lowest BCUT2D eigenvalue weighted by Gasteiger charge is -2.28. The summed E-state index contributed by atoms with van der Waals surface area (Å²) in [6, 6.07) is 13.7. The molecule has 1 fully saturated rings. The summed E-state index contributed by atoms with van der Waals surface area (Å²) in [7, 11) is -3.84. The number of hydrogen-bond donors (Lipinski definition) is 3. The summed E-state index contributed by atoms with van der Waals surface area (Å²) in [5, 5.41) is 7.81. The van der Waals surface area contributed by atoms with E-state index in [0.717, 1.165) is 55.0 Å². The molecular weight excluding hydrogens is 453 g/mol. The number of aromatic nitrogens is 2. The Hall–Kier alpha value is -2.78. The molecule has 3 aromatic rings. The van der Waals surface area contributed by atoms with Crippen LogP contribution in [0.25, 0.3) is 10.9 Å². The molecule has 0 amide bonds. The Morgan fingerprint density at radius 3 is 2.29 bits per heavy atom. The van der Waals surface area contributed by atoms with Crippen LogP contribution >= 0.6 is 0 Å². The third-order valence-electron chi connectivity index (χ3n) is 6.23. The van der Waals surface area contributed by atoms with Crippen LogP contribution in [0.4, 0.5) is 16.2 Å². The lowest BCUT2D eigenvalue weighted by Crippen LogP contribution is -2.32. The van der Waals surface area contributed by atoms with Gasteiger partial charge in [-0.15, -0.1) is 0 Å². The minimum absolute atomic E-state index is 0.247. The first-order valence-electron chi connectivity index (χ1n) is 11.8. The third kappa shape index (κ3) is 6.01. The first-order valence-corrected chi connectivity index (χ1v) is 13.3. The van der Waals surface area contributed by atoms with Crippen molar-refractivity contribution in [2.45, 2.75) is 50.5 Å². The highest BCUT2D eigenvalue weighted by molar-refractivity contribution is 7.89. The van der Waals surface area contributed by atoms with Crippen LogP contribution in [0.3, 0.4) is 0 Å². The van der Waals surface area contributed by atoms with Gasteiger partial charge >= 0.3 is 0 Å². The van der Waals surface area contributed by atoms with E-state index in [9.17, 15) is 12.8 Å². The molecule has 0 saturated heterocycles. The molecule has 0 bridgehead atoms. The predicted molar refractivity (Wildman–Crippen MR) is 134 cm³/mol. The van der Waals surface area contributed by atoms with Gasteiger partial charge in [0, 0.05) is 24.5 Å². The number of nitrogens with one attached hydrogen (secondary N) is 3. The van der Waals surface area contributed by atoms with E-state index in [0.29, 0.717) is 18.4 Å². The molecule has 7 nitrogen and oxygen atoms in total. The molecule has 3 N–H and O–H groups in total. The van der Waals surface area contributed by atoms with Crippen LogP contribution in [0.15, 0.2) is 53.4 Å². The van der Waals surface area contributed by atoms with Crippen molar-refractivity contribution in [3.05, 3.63) is 54.3 Å². The number of anilines is 2. The standard InChI is InChI=1S/C25H32FN5O2S/c1-17(2)29-24-20-7-3-5-9-22(20)30-25(31-24)27-15-18-11-13-19(14-12-18)16-28-34(32,33)23-10-6-4-8-21(23)26/h3-10,17-19,28H,11-16H2,1-2H3,(H2,27,29,30,31). The summed E-state index contributed by atoms with van der Waals surface area (Å²) in [5.74, 6) is 1.43. The summed E-state index contributed by atoms with van der Waals surface area (Å²) in [4.78, 5) is 9.06. The number of benzene rings is 2. The van der Waals surface area contributed by atoms with Crippen LogP contribution in [-0.4, -0.2) is 37.5 Å². The fourth-order valence-corrected chi connectivity index (χ4v) is 5.58. The molecule has 0 radical (unpaired) electrons. The van der Waals surface area contributed by atoms with Crippen molar-refractivity contribution in [2.75, 3.05) is 23.7 Å². The van der Waals surface area contributed by atoms with E-state index in [-0.39, 0.29) is 16.9 Å². The van der Waals surface area contributed by atoms with Crippen LogP contribution in [0, 0.1) is 17.7 Å². The molecule has 0 unspecified atom stereocenters. The predicted octanol–water partition coefficient (Wildman–Crippen LogP) is 4.79. The Bertz CT molecular complexity index is 1230. The van der Waals surface area contributed by atoms with Crippen molar-refractivity contribution in [1.29, 1.82) is 0 Å². The van der Waals surface area contributed by atoms with Crippen LogP contribution in [-0.2, 0) is 10.0 Å². The second-order valence-corrected chi connectivity index (χ2v) is 11.0. The lowest BCUT2D eigenvalue weighted by molar-refractivity contribution is 0.284. The summed E-state index contributed by atoms with van der Waals surface area (Å²) < 4.78 is 41.3. The van der Waals surface area contributed by atoms with Gasteiger partial charge in [0.25, 0.3) is 0 Å². The van der Waals surface area contributed by atoms with Gasteiger partial charge in [-0.25, -0.2) is 22.5 Å². The van der Waals surface area contributed by atoms with E-state index in [4.69, 9.17) is 4.98 Å². The number of hydrogen-bond acceptors (Lipinski definition) is 6. The monoisotopic (exact) mass is 485 g/mol. The van der Waals surface area contributed by atoms with Gasteiger partial charge in [-0.3, -0.25) is 0 Å². The minimum Gasteiger partial charge on any atom is -0.367 e. The van der Waals surface area contributed by atoms with E-state index in [1.165, 1.54) is 18.2 Å². The van der Waals surface area contributed by atoms with Gasteiger partial charge in [0.05, 0.1) is 5.52 Å². The van der Waals surface area contributed by atoms with Crippen molar-refractivity contribution in [3.63, 3.8) is 0 Å². The molecule has 0 atom stereocenters. The molecule has 34 heavy (non-hydrogen) atoms. The molecule has 0 aliphatic heterocycles. The highest BCUT2D eigenvalue weighted by atomic mass is 32.2. The van der Waals surface area contributed by atoms with E-state index < -0.39 is 15.8 Å². The summed E-state index contributed by atoms with van der Waals surface area (Å²) >= 11 is 0. The van der Waals surface area contributed by atoms with E-state index in [1.807, 2.05) is 24.3 Å². The fraction of sp³-hybridized carbons (Fsp3) is 0.440. The topological polar surface area (TPSA) is 96.0 Å². The van der Waals surface area contributed by atoms with Crippen molar-refractivity contribution in [1.82, 2.24) is 14.7 Å². The number of halogens is 1. The number of rotatable bonds is 9. The van der Waals surface area contributed by atoms with E-state index in [2.05, 4.69) is 34.2 Å². The van der Waals surface area contributed by atoms with Gasteiger partial charge < -0.3 is 10.6 Å². The van der Waals surface area contributed by atoms with Crippen molar-refractivity contribution in [2.24, 2.45) is 11.8 Å². The van der Waals surface area contributed by atoms with Gasteiger partial charge in [-0.2, -0.15) is 4.98 Å². The third-order valence-corrected chi connectivity index (χ3v) is 7.69. The average Bonchev–Trinajstić information content (AvgIpc) is 2.82. The maximum Gasteiger partial charge on any atom is 0.243 e. The first-order chi connectivity index (χ1) is 16.3. The molecule has 1 aromatic heterocycles. The molecule has 0 spiro atoms. The summed E-state index contributed by atoms with van der Waals surface area (Å²) in [6.45, 7) is 5.26. The highest BCUT2D eigenvalue weighted by Gasteiger charge is 2.24. The van der Waals surface area contributed by atoms with E-state index in [1.54, 1.807) is 0 Å². The second-order valence-electron chi connectivity index (χ2n) is 9.26. The summed E-state index contributed by atoms with van der Waals surface area (Å²) in [6.07, 6.45) is 3.82. The SMILES string of the molecule is CC(C)Nc1nc(NCC2CCC(CNS(=O)(=O)c3ccccc3F)CC2)nc2ccccc12. The quantitative estimate of drug-likeness (QED) is 0.403. The van der Waals surface area contributed by atoms with Gasteiger partial charge in [0.15, 0.2) is 0 Å². The van der Waals surface area contributed by atoms with Gasteiger partial charge in [-0.1, -0.05) is 24.3 Å². The van der Waals surface area contributed by atoms with Crippen molar-refractivity contribution in [3.8, 4) is 0 Å². The Morgan fingerprint density at radius 1 is 0.941 bits per heavy atom. The lowest BCUT2D eigenvalue weighted by atomic mass is 9.82. The number of para-hydroxylation sites is 1. The molecule has 9 heteroatoms. The molecule has 182 valence electrons. The Labute approximate surface area is 200 Å². The van der Waals surface area contributed by atoms with Crippen molar-refractivity contribution < 1.29 is 12.8 Å². The zero-order valence-electron chi connectivity index (χ0n) is 19.6. The zero-order chi connectivity index (χ0) is 24.1. The minimum atomic E-state index is -3.84. The molecule has 1 heterocycles. The maximum absolute atomic E-state index is 13.9. The van der Waals surface area contributed by atoms with Gasteiger partial charge in [-0.05, 0) is 75.6 Å².